The topological polar surface area (TPSA) is 58.0 Å². The number of para-hydroxylation sites is 2. The van der Waals surface area contributed by atoms with Crippen LogP contribution in [0, 0.1) is 0 Å². The standard InChI is InChI=1S/C26H18BN6.Ir/c1-2-10-24-23(9-1)32(25-17-19(11-15-30-25)21-7-3-5-13-28-21)27-33(24)26-18-20(12-16-31-26)22-8-4-6-14-29-22;/h1-18H;. The van der Waals surface area contributed by atoms with Crippen molar-refractivity contribution in [2.45, 2.75) is 0 Å². The molecule has 6 rings (SSSR count). The van der Waals surface area contributed by atoms with Gasteiger partial charge in [-0.2, -0.15) is 0 Å². The smallest absolute Gasteiger partial charge is 0.351 e. The minimum Gasteiger partial charge on any atom is -0.351 e. The van der Waals surface area contributed by atoms with E-state index in [1.165, 1.54) is 0 Å². The number of benzene rings is 1. The summed E-state index contributed by atoms with van der Waals surface area (Å²) in [6, 6.07) is 28.1. The van der Waals surface area contributed by atoms with Gasteiger partial charge in [0.1, 0.15) is 11.6 Å². The summed E-state index contributed by atoms with van der Waals surface area (Å²) >= 11 is 0. The molecule has 8 heteroatoms. The molecule has 0 aliphatic carbocycles. The largest absolute Gasteiger partial charge is 0.403 e. The average molecular weight is 618 g/mol. The number of rotatable bonds is 4. The zero-order chi connectivity index (χ0) is 22.0. The first-order chi connectivity index (χ1) is 16.4. The maximum atomic E-state index is 4.65. The molecule has 0 bridgehead atoms. The minimum absolute atomic E-state index is 0. The van der Waals surface area contributed by atoms with Crippen LogP contribution in [0.4, 0.5) is 23.0 Å². The third-order valence-corrected chi connectivity index (χ3v) is 5.54. The summed E-state index contributed by atoms with van der Waals surface area (Å²) in [4.78, 5) is 22.4. The van der Waals surface area contributed by atoms with E-state index in [0.29, 0.717) is 0 Å². The molecule has 0 saturated heterocycles. The second-order valence-electron chi connectivity index (χ2n) is 7.58. The fraction of sp³-hybridized carbons (Fsp3) is 0. The fourth-order valence-electron chi connectivity index (χ4n) is 3.96. The average Bonchev–Trinajstić information content (AvgIpc) is 3.30. The molecular weight excluding hydrogens is 599 g/mol. The van der Waals surface area contributed by atoms with E-state index in [9.17, 15) is 0 Å². The van der Waals surface area contributed by atoms with Gasteiger partial charge < -0.3 is 9.62 Å². The van der Waals surface area contributed by atoms with E-state index in [1.807, 2.05) is 80.6 Å². The molecule has 1 aliphatic rings. The molecule has 5 aromatic rings. The van der Waals surface area contributed by atoms with Crippen molar-refractivity contribution >= 4 is 30.6 Å². The van der Waals surface area contributed by atoms with Crippen molar-refractivity contribution < 1.29 is 20.1 Å². The van der Waals surface area contributed by atoms with Gasteiger partial charge in [0.15, 0.2) is 0 Å². The van der Waals surface area contributed by atoms with E-state index in [-0.39, 0.29) is 20.1 Å². The van der Waals surface area contributed by atoms with Crippen molar-refractivity contribution in [2.24, 2.45) is 0 Å². The number of hydrogen-bond donors (Lipinski definition) is 0. The van der Waals surface area contributed by atoms with E-state index in [4.69, 9.17) is 0 Å². The Kier molecular flexibility index (Phi) is 6.17. The van der Waals surface area contributed by atoms with E-state index < -0.39 is 0 Å². The third kappa shape index (κ3) is 4.09. The van der Waals surface area contributed by atoms with Crippen LogP contribution in [0.1, 0.15) is 0 Å². The summed E-state index contributed by atoms with van der Waals surface area (Å²) in [7, 11) is 2.03. The fourth-order valence-corrected chi connectivity index (χ4v) is 3.96. The first-order valence-corrected chi connectivity index (χ1v) is 10.6. The van der Waals surface area contributed by atoms with Gasteiger partial charge in [0.2, 0.25) is 0 Å². The zero-order valence-electron chi connectivity index (χ0n) is 18.0. The van der Waals surface area contributed by atoms with Gasteiger partial charge in [-0.25, -0.2) is 9.97 Å². The summed E-state index contributed by atoms with van der Waals surface area (Å²) in [5.41, 5.74) is 5.92. The molecule has 2 radical (unpaired) electrons. The monoisotopic (exact) mass is 618 g/mol. The van der Waals surface area contributed by atoms with Crippen LogP contribution in [-0.4, -0.2) is 27.5 Å². The summed E-state index contributed by atoms with van der Waals surface area (Å²) in [6.07, 6.45) is 7.24. The Morgan fingerprint density at radius 2 is 0.971 bits per heavy atom. The zero-order valence-corrected chi connectivity index (χ0v) is 20.4. The number of anilines is 4. The second kappa shape index (κ2) is 9.55. The molecule has 5 heterocycles. The van der Waals surface area contributed by atoms with Crippen molar-refractivity contribution in [3.63, 3.8) is 0 Å². The number of aromatic nitrogens is 4. The molecule has 1 aromatic carbocycles. The molecular formula is C26H18BIrN6. The number of hydrogen-bond acceptors (Lipinski definition) is 6. The molecule has 0 unspecified atom stereocenters. The van der Waals surface area contributed by atoms with Crippen LogP contribution < -0.4 is 9.62 Å². The maximum Gasteiger partial charge on any atom is 0.403 e. The molecule has 0 fully saturated rings. The maximum absolute atomic E-state index is 4.65. The van der Waals surface area contributed by atoms with Crippen molar-refractivity contribution in [1.29, 1.82) is 0 Å². The Labute approximate surface area is 212 Å². The van der Waals surface area contributed by atoms with Crippen LogP contribution >= 0.6 is 0 Å². The third-order valence-electron chi connectivity index (χ3n) is 5.54. The van der Waals surface area contributed by atoms with Gasteiger partial charge in [0.05, 0.1) is 22.8 Å². The van der Waals surface area contributed by atoms with Crippen molar-refractivity contribution in [1.82, 2.24) is 19.9 Å². The van der Waals surface area contributed by atoms with E-state index in [1.54, 1.807) is 12.4 Å². The molecule has 34 heavy (non-hydrogen) atoms. The van der Waals surface area contributed by atoms with Crippen molar-refractivity contribution in [2.75, 3.05) is 9.62 Å². The molecule has 4 aromatic heterocycles. The number of nitrogens with zero attached hydrogens (tertiary/aromatic N) is 6. The minimum atomic E-state index is 0. The Bertz CT molecular complexity index is 1310. The molecule has 0 atom stereocenters. The summed E-state index contributed by atoms with van der Waals surface area (Å²) in [5.74, 6) is 1.63. The van der Waals surface area contributed by atoms with Crippen LogP contribution in [-0.2, 0) is 20.1 Å². The van der Waals surface area contributed by atoms with Crippen LogP contribution in [0.5, 0.6) is 0 Å². The molecule has 0 N–H and O–H groups in total. The molecule has 6 nitrogen and oxygen atoms in total. The predicted molar refractivity (Wildman–Crippen MR) is 131 cm³/mol. The normalized spacial score (nSPS) is 12.0. The van der Waals surface area contributed by atoms with Crippen LogP contribution in [0.15, 0.2) is 110 Å². The molecule has 0 saturated carbocycles. The van der Waals surface area contributed by atoms with Crippen molar-refractivity contribution in [3.05, 3.63) is 110 Å². The van der Waals surface area contributed by atoms with Gasteiger partial charge in [0, 0.05) is 56.0 Å². The molecule has 164 valence electrons. The van der Waals surface area contributed by atoms with Gasteiger partial charge in [0.25, 0.3) is 0 Å². The van der Waals surface area contributed by atoms with Gasteiger partial charge >= 0.3 is 7.55 Å². The van der Waals surface area contributed by atoms with E-state index in [0.717, 1.165) is 45.5 Å². The molecule has 0 spiro atoms. The summed E-state index contributed by atoms with van der Waals surface area (Å²) in [6.45, 7) is 0. The van der Waals surface area contributed by atoms with E-state index in [2.05, 4.69) is 53.8 Å². The SMILES string of the molecule is [B]1N(c2cc(-c3ccccn3)ccn2)c2ccccc2N1c1cc(-c2ccccn2)ccn1.[Ir]. The predicted octanol–water partition coefficient (Wildman–Crippen LogP) is 5.42. The first kappa shape index (κ1) is 22.0. The second-order valence-corrected chi connectivity index (χ2v) is 7.58. The Balaban J connectivity index is 0.00000241. The van der Waals surface area contributed by atoms with Crippen LogP contribution in [0.25, 0.3) is 22.5 Å². The van der Waals surface area contributed by atoms with Crippen LogP contribution in [0.3, 0.4) is 0 Å². The Morgan fingerprint density at radius 3 is 1.41 bits per heavy atom. The molecule has 0 amide bonds. The Hall–Kier alpha value is -3.87. The van der Waals surface area contributed by atoms with Gasteiger partial charge in [-0.15, -0.1) is 0 Å². The number of pyridine rings is 4. The summed E-state index contributed by atoms with van der Waals surface area (Å²) in [5, 5.41) is 0. The summed E-state index contributed by atoms with van der Waals surface area (Å²) < 4.78 is 0. The van der Waals surface area contributed by atoms with Crippen LogP contribution in [0.2, 0.25) is 0 Å². The van der Waals surface area contributed by atoms with E-state index >= 15 is 0 Å². The Morgan fingerprint density at radius 1 is 0.500 bits per heavy atom. The molecule has 1 aliphatic heterocycles. The van der Waals surface area contributed by atoms with Gasteiger partial charge in [-0.05, 0) is 60.7 Å². The first-order valence-electron chi connectivity index (χ1n) is 10.6. The number of fused-ring (bicyclic) bond motifs is 1. The van der Waals surface area contributed by atoms with Gasteiger partial charge in [-0.3, -0.25) is 9.97 Å². The van der Waals surface area contributed by atoms with Crippen molar-refractivity contribution in [3.8, 4) is 22.5 Å². The van der Waals surface area contributed by atoms with Gasteiger partial charge in [-0.1, -0.05) is 24.3 Å². The quantitative estimate of drug-likeness (QED) is 0.251.